The Balaban J connectivity index is 1.87. The molecule has 1 aliphatic heterocycles. The van der Waals surface area contributed by atoms with Crippen LogP contribution in [0.15, 0.2) is 29.3 Å². The fourth-order valence-electron chi connectivity index (χ4n) is 1.59. The highest BCUT2D eigenvalue weighted by molar-refractivity contribution is 5.81. The molecule has 80 valence electrons. The zero-order valence-electron chi connectivity index (χ0n) is 9.09. The standard InChI is InChI=1S/C12H17N3/c1-2-10-3-5-11(6-4-10)9-15-12-13-7-8-14-12/h3-6H,2,7-9H2,1H3,(H2,13,14,15). The highest BCUT2D eigenvalue weighted by Gasteiger charge is 2.03. The molecule has 2 N–H and O–H groups in total. The van der Waals surface area contributed by atoms with Gasteiger partial charge in [0.05, 0.1) is 6.54 Å². The fourth-order valence-corrected chi connectivity index (χ4v) is 1.59. The molecule has 0 saturated heterocycles. The predicted molar refractivity (Wildman–Crippen MR) is 63.0 cm³/mol. The number of nitrogens with one attached hydrogen (secondary N) is 2. The van der Waals surface area contributed by atoms with E-state index >= 15 is 0 Å². The maximum Gasteiger partial charge on any atom is 0.191 e. The summed E-state index contributed by atoms with van der Waals surface area (Å²) in [5.41, 5.74) is 2.68. The second-order valence-corrected chi connectivity index (χ2v) is 3.68. The molecule has 3 nitrogen and oxygen atoms in total. The van der Waals surface area contributed by atoms with Gasteiger partial charge in [-0.15, -0.1) is 0 Å². The van der Waals surface area contributed by atoms with Gasteiger partial charge in [0.15, 0.2) is 5.96 Å². The smallest absolute Gasteiger partial charge is 0.191 e. The Morgan fingerprint density at radius 1 is 1.27 bits per heavy atom. The summed E-state index contributed by atoms with van der Waals surface area (Å²) < 4.78 is 0. The van der Waals surface area contributed by atoms with Crippen LogP contribution in [-0.4, -0.2) is 19.0 Å². The van der Waals surface area contributed by atoms with E-state index in [9.17, 15) is 0 Å². The van der Waals surface area contributed by atoms with E-state index in [2.05, 4.69) is 46.8 Å². The van der Waals surface area contributed by atoms with Crippen LogP contribution in [0.2, 0.25) is 0 Å². The van der Waals surface area contributed by atoms with Gasteiger partial charge in [0.25, 0.3) is 0 Å². The van der Waals surface area contributed by atoms with Gasteiger partial charge in [0.2, 0.25) is 0 Å². The first-order chi connectivity index (χ1) is 7.38. The zero-order valence-corrected chi connectivity index (χ0v) is 9.09. The molecular formula is C12H17N3. The number of hydrogen-bond donors (Lipinski definition) is 2. The molecular weight excluding hydrogens is 186 g/mol. The van der Waals surface area contributed by atoms with Crippen molar-refractivity contribution in [3.63, 3.8) is 0 Å². The van der Waals surface area contributed by atoms with Crippen LogP contribution in [0.5, 0.6) is 0 Å². The molecule has 0 atom stereocenters. The third-order valence-corrected chi connectivity index (χ3v) is 2.57. The van der Waals surface area contributed by atoms with E-state index in [1.165, 1.54) is 11.1 Å². The third-order valence-electron chi connectivity index (χ3n) is 2.57. The minimum atomic E-state index is 0.843. The number of hydrogen-bond acceptors (Lipinski definition) is 3. The van der Waals surface area contributed by atoms with Crippen LogP contribution in [0.3, 0.4) is 0 Å². The number of aryl methyl sites for hydroxylation is 1. The summed E-state index contributed by atoms with van der Waals surface area (Å²) in [4.78, 5) is 4.28. The molecule has 0 bridgehead atoms. The second kappa shape index (κ2) is 4.82. The van der Waals surface area contributed by atoms with Gasteiger partial charge in [-0.2, -0.15) is 0 Å². The lowest BCUT2D eigenvalue weighted by Gasteiger charge is -2.06. The van der Waals surface area contributed by atoms with Crippen molar-refractivity contribution >= 4 is 5.96 Å². The van der Waals surface area contributed by atoms with Gasteiger partial charge in [0, 0.05) is 13.1 Å². The topological polar surface area (TPSA) is 36.4 Å². The van der Waals surface area contributed by atoms with Crippen LogP contribution in [-0.2, 0) is 13.0 Å². The zero-order chi connectivity index (χ0) is 10.5. The first-order valence-electron chi connectivity index (χ1n) is 5.48. The van der Waals surface area contributed by atoms with Crippen molar-refractivity contribution in [1.82, 2.24) is 10.6 Å². The third kappa shape index (κ3) is 2.72. The molecule has 0 spiro atoms. The lowest BCUT2D eigenvalue weighted by molar-refractivity contribution is 0.866. The SMILES string of the molecule is CCc1ccc(CNC2=NCCN2)cc1. The normalized spacial score (nSPS) is 14.6. The minimum absolute atomic E-state index is 0.843. The molecule has 1 aromatic rings. The van der Waals surface area contributed by atoms with E-state index in [4.69, 9.17) is 0 Å². The average Bonchev–Trinajstić information content (AvgIpc) is 2.80. The summed E-state index contributed by atoms with van der Waals surface area (Å²) in [5.74, 6) is 0.926. The van der Waals surface area contributed by atoms with Gasteiger partial charge in [-0.05, 0) is 17.5 Å². The molecule has 0 unspecified atom stereocenters. The minimum Gasteiger partial charge on any atom is -0.355 e. The molecule has 1 aliphatic rings. The van der Waals surface area contributed by atoms with Crippen LogP contribution >= 0.6 is 0 Å². The lowest BCUT2D eigenvalue weighted by Crippen LogP contribution is -2.33. The maximum atomic E-state index is 4.28. The summed E-state index contributed by atoms with van der Waals surface area (Å²) in [6.45, 7) is 4.86. The number of rotatable bonds is 3. The summed E-state index contributed by atoms with van der Waals surface area (Å²) in [6.07, 6.45) is 1.10. The summed E-state index contributed by atoms with van der Waals surface area (Å²) >= 11 is 0. The predicted octanol–water partition coefficient (Wildman–Crippen LogP) is 1.30. The van der Waals surface area contributed by atoms with Crippen LogP contribution in [0.4, 0.5) is 0 Å². The van der Waals surface area contributed by atoms with Crippen LogP contribution in [0.1, 0.15) is 18.1 Å². The molecule has 15 heavy (non-hydrogen) atoms. The van der Waals surface area contributed by atoms with E-state index in [1.54, 1.807) is 0 Å². The van der Waals surface area contributed by atoms with Crippen molar-refractivity contribution in [3.8, 4) is 0 Å². The Labute approximate surface area is 90.6 Å². The molecule has 0 amide bonds. The van der Waals surface area contributed by atoms with E-state index < -0.39 is 0 Å². The monoisotopic (exact) mass is 203 g/mol. The highest BCUT2D eigenvalue weighted by Crippen LogP contribution is 2.04. The van der Waals surface area contributed by atoms with Crippen molar-refractivity contribution in [1.29, 1.82) is 0 Å². The van der Waals surface area contributed by atoms with E-state index in [1.807, 2.05) is 0 Å². The second-order valence-electron chi connectivity index (χ2n) is 3.68. The number of guanidine groups is 1. The van der Waals surface area contributed by atoms with Crippen molar-refractivity contribution in [2.45, 2.75) is 19.9 Å². The van der Waals surface area contributed by atoms with Gasteiger partial charge >= 0.3 is 0 Å². The highest BCUT2D eigenvalue weighted by atomic mass is 15.2. The lowest BCUT2D eigenvalue weighted by atomic mass is 10.1. The van der Waals surface area contributed by atoms with Gasteiger partial charge in [-0.3, -0.25) is 4.99 Å². The van der Waals surface area contributed by atoms with Gasteiger partial charge in [-0.1, -0.05) is 31.2 Å². The number of nitrogens with zero attached hydrogens (tertiary/aromatic N) is 1. The molecule has 1 aromatic carbocycles. The van der Waals surface area contributed by atoms with Crippen molar-refractivity contribution in [2.24, 2.45) is 4.99 Å². The fraction of sp³-hybridized carbons (Fsp3) is 0.417. The largest absolute Gasteiger partial charge is 0.355 e. The first-order valence-corrected chi connectivity index (χ1v) is 5.48. The van der Waals surface area contributed by atoms with E-state index in [0.29, 0.717) is 0 Å². The van der Waals surface area contributed by atoms with E-state index in [-0.39, 0.29) is 0 Å². The first kappa shape index (κ1) is 10.0. The van der Waals surface area contributed by atoms with E-state index in [0.717, 1.165) is 32.0 Å². The summed E-state index contributed by atoms with van der Waals surface area (Å²) in [5, 5.41) is 6.46. The molecule has 0 fully saturated rings. The molecule has 3 heteroatoms. The van der Waals surface area contributed by atoms with Gasteiger partial charge in [-0.25, -0.2) is 0 Å². The van der Waals surface area contributed by atoms with Gasteiger partial charge in [0.1, 0.15) is 0 Å². The summed E-state index contributed by atoms with van der Waals surface area (Å²) in [7, 11) is 0. The Bertz CT molecular complexity index is 340. The van der Waals surface area contributed by atoms with Crippen LogP contribution < -0.4 is 10.6 Å². The Morgan fingerprint density at radius 3 is 2.60 bits per heavy atom. The number of aliphatic imine (C=N–C) groups is 1. The molecule has 2 rings (SSSR count). The van der Waals surface area contributed by atoms with Crippen molar-refractivity contribution in [2.75, 3.05) is 13.1 Å². The quantitative estimate of drug-likeness (QED) is 0.777. The summed E-state index contributed by atoms with van der Waals surface area (Å²) in [6, 6.07) is 8.70. The van der Waals surface area contributed by atoms with Crippen molar-refractivity contribution in [3.05, 3.63) is 35.4 Å². The molecule has 0 radical (unpaired) electrons. The Morgan fingerprint density at radius 2 is 2.00 bits per heavy atom. The number of benzene rings is 1. The van der Waals surface area contributed by atoms with Crippen LogP contribution in [0, 0.1) is 0 Å². The molecule has 0 aliphatic carbocycles. The molecule has 0 aromatic heterocycles. The maximum absolute atomic E-state index is 4.28. The average molecular weight is 203 g/mol. The Hall–Kier alpha value is -1.51. The van der Waals surface area contributed by atoms with Crippen molar-refractivity contribution < 1.29 is 0 Å². The Kier molecular flexibility index (Phi) is 3.22. The molecule has 1 heterocycles. The van der Waals surface area contributed by atoms with Gasteiger partial charge < -0.3 is 10.6 Å². The van der Waals surface area contributed by atoms with Crippen LogP contribution in [0.25, 0.3) is 0 Å². The molecule has 0 saturated carbocycles.